The van der Waals surface area contributed by atoms with Gasteiger partial charge in [0.15, 0.2) is 0 Å². The summed E-state index contributed by atoms with van der Waals surface area (Å²) in [5, 5.41) is 3.69. The van der Waals surface area contributed by atoms with Gasteiger partial charge in [-0.1, -0.05) is 37.3 Å². The second-order valence-electron chi connectivity index (χ2n) is 6.85. The zero-order chi connectivity index (χ0) is 15.2. The lowest BCUT2D eigenvalue weighted by Gasteiger charge is -2.38. The zero-order valence-corrected chi connectivity index (χ0v) is 14.0. The first-order valence-corrected chi connectivity index (χ1v) is 7.66. The molecule has 0 aliphatic carbocycles. The second kappa shape index (κ2) is 7.24. The molecule has 1 N–H and O–H groups in total. The number of ether oxygens (including phenoxy) is 1. The maximum atomic E-state index is 5.53. The van der Waals surface area contributed by atoms with Gasteiger partial charge in [-0.2, -0.15) is 0 Å². The Morgan fingerprint density at radius 2 is 1.75 bits per heavy atom. The summed E-state index contributed by atoms with van der Waals surface area (Å²) in [6.07, 6.45) is 2.40. The van der Waals surface area contributed by atoms with Crippen molar-refractivity contribution < 1.29 is 4.74 Å². The number of benzene rings is 1. The van der Waals surface area contributed by atoms with Crippen molar-refractivity contribution in [3.8, 4) is 0 Å². The van der Waals surface area contributed by atoms with Gasteiger partial charge in [0.05, 0.1) is 6.10 Å². The van der Waals surface area contributed by atoms with Crippen molar-refractivity contribution in [1.82, 2.24) is 5.32 Å². The Bertz CT molecular complexity index is 382. The lowest BCUT2D eigenvalue weighted by molar-refractivity contribution is 0.0829. The fourth-order valence-electron chi connectivity index (χ4n) is 2.63. The third-order valence-electron chi connectivity index (χ3n) is 4.10. The van der Waals surface area contributed by atoms with Crippen LogP contribution in [0.5, 0.6) is 0 Å². The largest absolute Gasteiger partial charge is 0.382 e. The minimum atomic E-state index is 0.129. The second-order valence-corrected chi connectivity index (χ2v) is 6.85. The van der Waals surface area contributed by atoms with E-state index in [9.17, 15) is 0 Å². The molecular formula is C18H31NO. The van der Waals surface area contributed by atoms with Gasteiger partial charge >= 0.3 is 0 Å². The first-order valence-electron chi connectivity index (χ1n) is 7.66. The third-order valence-corrected chi connectivity index (χ3v) is 4.10. The van der Waals surface area contributed by atoms with Crippen molar-refractivity contribution >= 4 is 0 Å². The van der Waals surface area contributed by atoms with Crippen LogP contribution in [0.25, 0.3) is 0 Å². The summed E-state index contributed by atoms with van der Waals surface area (Å²) in [6, 6.07) is 10.8. The zero-order valence-electron chi connectivity index (χ0n) is 14.0. The van der Waals surface area contributed by atoms with Gasteiger partial charge in [0.2, 0.25) is 0 Å². The molecule has 2 heteroatoms. The van der Waals surface area contributed by atoms with Crippen LogP contribution in [0.15, 0.2) is 30.3 Å². The topological polar surface area (TPSA) is 21.3 Å². The molecular weight excluding hydrogens is 246 g/mol. The molecule has 0 spiro atoms. The maximum Gasteiger partial charge on any atom is 0.0552 e. The summed E-state index contributed by atoms with van der Waals surface area (Å²) in [5.74, 6) is 0. The first-order chi connectivity index (χ1) is 9.33. The molecule has 0 aromatic heterocycles. The molecule has 1 aromatic carbocycles. The number of hydrogen-bond donors (Lipinski definition) is 1. The van der Waals surface area contributed by atoms with Crippen LogP contribution in [0.3, 0.4) is 0 Å². The molecule has 2 nitrogen and oxygen atoms in total. The quantitative estimate of drug-likeness (QED) is 0.808. The van der Waals surface area contributed by atoms with Crippen LogP contribution in [0.1, 0.15) is 53.0 Å². The fourth-order valence-corrected chi connectivity index (χ4v) is 2.63. The van der Waals surface area contributed by atoms with Gasteiger partial charge < -0.3 is 10.1 Å². The first kappa shape index (κ1) is 17.2. The molecule has 1 rings (SSSR count). The Hall–Kier alpha value is -0.860. The molecule has 0 saturated heterocycles. The normalized spacial score (nSPS) is 16.7. The lowest BCUT2D eigenvalue weighted by Crippen LogP contribution is -2.47. The summed E-state index contributed by atoms with van der Waals surface area (Å²) in [6.45, 7) is 12.1. The molecule has 20 heavy (non-hydrogen) atoms. The molecule has 0 aliphatic rings. The van der Waals surface area contributed by atoms with Crippen molar-refractivity contribution in [1.29, 1.82) is 0 Å². The van der Waals surface area contributed by atoms with E-state index in [1.54, 1.807) is 7.11 Å². The highest BCUT2D eigenvalue weighted by molar-refractivity contribution is 5.26. The van der Waals surface area contributed by atoms with E-state index in [0.717, 1.165) is 19.4 Å². The molecule has 0 saturated carbocycles. The van der Waals surface area contributed by atoms with E-state index in [1.807, 2.05) is 0 Å². The van der Waals surface area contributed by atoms with Crippen molar-refractivity contribution in [3.05, 3.63) is 35.9 Å². The number of methoxy groups -OCH3 is 1. The van der Waals surface area contributed by atoms with E-state index in [0.29, 0.717) is 0 Å². The van der Waals surface area contributed by atoms with Crippen LogP contribution in [-0.2, 0) is 10.2 Å². The Morgan fingerprint density at radius 3 is 2.20 bits per heavy atom. The molecule has 0 heterocycles. The van der Waals surface area contributed by atoms with E-state index in [2.05, 4.69) is 70.3 Å². The predicted molar refractivity (Wildman–Crippen MR) is 87.3 cm³/mol. The van der Waals surface area contributed by atoms with Crippen LogP contribution in [-0.4, -0.2) is 25.3 Å². The number of hydrogen-bond acceptors (Lipinski definition) is 2. The molecule has 2 atom stereocenters. The summed E-state index contributed by atoms with van der Waals surface area (Å²) < 4.78 is 5.53. The average molecular weight is 277 g/mol. The summed E-state index contributed by atoms with van der Waals surface area (Å²) >= 11 is 0. The minimum Gasteiger partial charge on any atom is -0.382 e. The van der Waals surface area contributed by atoms with E-state index >= 15 is 0 Å². The molecule has 0 bridgehead atoms. The molecule has 0 radical (unpaired) electrons. The summed E-state index contributed by atoms with van der Waals surface area (Å²) in [7, 11) is 1.80. The van der Waals surface area contributed by atoms with Crippen molar-refractivity contribution in [2.75, 3.05) is 13.7 Å². The standard InChI is InChI=1S/C18H31NO/c1-7-18(13-15(2)20-6,14-19-17(3,4)5)16-11-9-8-10-12-16/h8-12,15,19H,7,13-14H2,1-6H3. The Labute approximate surface area is 124 Å². The SMILES string of the molecule is CCC(CNC(C)(C)C)(CC(C)OC)c1ccccc1. The molecule has 2 unspecified atom stereocenters. The highest BCUT2D eigenvalue weighted by Gasteiger charge is 2.33. The van der Waals surface area contributed by atoms with Crippen molar-refractivity contribution in [2.24, 2.45) is 0 Å². The highest BCUT2D eigenvalue weighted by atomic mass is 16.5. The molecule has 0 amide bonds. The Kier molecular flexibility index (Phi) is 6.22. The van der Waals surface area contributed by atoms with Crippen LogP contribution in [0.4, 0.5) is 0 Å². The lowest BCUT2D eigenvalue weighted by atomic mass is 9.73. The molecule has 0 fully saturated rings. The Balaban J connectivity index is 3.03. The summed E-state index contributed by atoms with van der Waals surface area (Å²) in [5.41, 5.74) is 1.67. The monoisotopic (exact) mass is 277 g/mol. The third kappa shape index (κ3) is 4.92. The van der Waals surface area contributed by atoms with Crippen LogP contribution in [0.2, 0.25) is 0 Å². The minimum absolute atomic E-state index is 0.129. The van der Waals surface area contributed by atoms with E-state index < -0.39 is 0 Å². The van der Waals surface area contributed by atoms with Gasteiger partial charge in [-0.3, -0.25) is 0 Å². The Morgan fingerprint density at radius 1 is 1.15 bits per heavy atom. The smallest absolute Gasteiger partial charge is 0.0552 e. The van der Waals surface area contributed by atoms with E-state index in [-0.39, 0.29) is 17.1 Å². The van der Waals surface area contributed by atoms with Crippen LogP contribution < -0.4 is 5.32 Å². The van der Waals surface area contributed by atoms with E-state index in [4.69, 9.17) is 4.74 Å². The molecule has 1 aromatic rings. The van der Waals surface area contributed by atoms with Gasteiger partial charge in [0.25, 0.3) is 0 Å². The summed E-state index contributed by atoms with van der Waals surface area (Å²) in [4.78, 5) is 0. The molecule has 0 aliphatic heterocycles. The average Bonchev–Trinajstić information content (AvgIpc) is 2.43. The predicted octanol–water partition coefficient (Wildman–Crippen LogP) is 4.15. The van der Waals surface area contributed by atoms with Gasteiger partial charge in [-0.15, -0.1) is 0 Å². The van der Waals surface area contributed by atoms with Crippen molar-refractivity contribution in [3.63, 3.8) is 0 Å². The van der Waals surface area contributed by atoms with Gasteiger partial charge in [-0.25, -0.2) is 0 Å². The number of nitrogens with one attached hydrogen (secondary N) is 1. The molecule has 114 valence electrons. The van der Waals surface area contributed by atoms with Gasteiger partial charge in [0.1, 0.15) is 0 Å². The van der Waals surface area contributed by atoms with E-state index in [1.165, 1.54) is 5.56 Å². The van der Waals surface area contributed by atoms with Crippen LogP contribution >= 0.6 is 0 Å². The number of rotatable bonds is 7. The van der Waals surface area contributed by atoms with Gasteiger partial charge in [-0.05, 0) is 46.1 Å². The maximum absolute atomic E-state index is 5.53. The fraction of sp³-hybridized carbons (Fsp3) is 0.667. The highest BCUT2D eigenvalue weighted by Crippen LogP contribution is 2.33. The van der Waals surface area contributed by atoms with Gasteiger partial charge in [0, 0.05) is 24.6 Å². The van der Waals surface area contributed by atoms with Crippen molar-refractivity contribution in [2.45, 2.75) is 64.5 Å². The van der Waals surface area contributed by atoms with Crippen LogP contribution in [0, 0.1) is 0 Å².